The molecule has 28 heavy (non-hydrogen) atoms. The molecule has 1 aliphatic rings. The summed E-state index contributed by atoms with van der Waals surface area (Å²) < 4.78 is 0. The van der Waals surface area contributed by atoms with E-state index in [1.807, 2.05) is 18.2 Å². The summed E-state index contributed by atoms with van der Waals surface area (Å²) in [5, 5.41) is 6.87. The number of unbranched alkanes of at least 4 members (excludes halogenated alkanes) is 1. The number of aromatic nitrogens is 1. The predicted octanol–water partition coefficient (Wildman–Crippen LogP) is 4.55. The van der Waals surface area contributed by atoms with Crippen LogP contribution in [-0.4, -0.2) is 36.1 Å². The summed E-state index contributed by atoms with van der Waals surface area (Å²) in [6.45, 7) is 13.9. The Balaban J connectivity index is 1.45. The van der Waals surface area contributed by atoms with Crippen LogP contribution in [0.1, 0.15) is 43.5 Å². The maximum absolute atomic E-state index is 4.68. The van der Waals surface area contributed by atoms with Gasteiger partial charge in [0, 0.05) is 32.7 Å². The smallest absolute Gasteiger partial charge is 0.126 e. The normalized spacial score (nSPS) is 14.9. The van der Waals surface area contributed by atoms with E-state index in [0.29, 0.717) is 5.92 Å². The Morgan fingerprint density at radius 3 is 2.82 bits per heavy atom. The van der Waals surface area contributed by atoms with Crippen molar-refractivity contribution in [1.29, 1.82) is 0 Å². The number of pyridine rings is 1. The van der Waals surface area contributed by atoms with Crippen molar-refractivity contribution in [1.82, 2.24) is 15.2 Å². The lowest BCUT2D eigenvalue weighted by molar-refractivity contribution is 0.220. The first-order valence-electron chi connectivity index (χ1n) is 10.6. The Morgan fingerprint density at radius 1 is 1.18 bits per heavy atom. The molecule has 1 aromatic heterocycles. The molecule has 2 N–H and O–H groups in total. The van der Waals surface area contributed by atoms with Crippen molar-refractivity contribution in [3.05, 3.63) is 65.9 Å². The number of fused-ring (bicyclic) bond motifs is 1. The average Bonchev–Trinajstić information content (AvgIpc) is 2.72. The molecule has 1 aliphatic heterocycles. The molecule has 1 unspecified atom stereocenters. The van der Waals surface area contributed by atoms with Gasteiger partial charge in [0.2, 0.25) is 0 Å². The van der Waals surface area contributed by atoms with Crippen molar-refractivity contribution >= 4 is 11.5 Å². The van der Waals surface area contributed by atoms with Gasteiger partial charge in [-0.1, -0.05) is 57.2 Å². The number of nitrogens with zero attached hydrogens (tertiary/aromatic N) is 2. The summed E-state index contributed by atoms with van der Waals surface area (Å²) in [6, 6.07) is 14.9. The van der Waals surface area contributed by atoms with E-state index in [2.05, 4.69) is 65.2 Å². The van der Waals surface area contributed by atoms with Gasteiger partial charge in [-0.25, -0.2) is 4.98 Å². The molecular weight excluding hydrogens is 344 g/mol. The number of benzene rings is 1. The third kappa shape index (κ3) is 5.83. The zero-order chi connectivity index (χ0) is 19.8. The monoisotopic (exact) mass is 378 g/mol. The van der Waals surface area contributed by atoms with Crippen molar-refractivity contribution in [2.75, 3.05) is 31.5 Å². The lowest BCUT2D eigenvalue weighted by Crippen LogP contribution is -2.36. The average molecular weight is 379 g/mol. The Kier molecular flexibility index (Phi) is 7.49. The molecule has 2 heterocycles. The highest BCUT2D eigenvalue weighted by molar-refractivity contribution is 5.59. The summed E-state index contributed by atoms with van der Waals surface area (Å²) in [7, 11) is 0. The van der Waals surface area contributed by atoms with Crippen LogP contribution in [0.25, 0.3) is 5.70 Å². The van der Waals surface area contributed by atoms with Crippen LogP contribution in [0.4, 0.5) is 5.82 Å². The lowest BCUT2D eigenvalue weighted by atomic mass is 9.99. The Labute approximate surface area is 170 Å². The molecule has 3 rings (SSSR count). The van der Waals surface area contributed by atoms with E-state index in [0.717, 1.165) is 62.8 Å². The minimum absolute atomic E-state index is 0.549. The van der Waals surface area contributed by atoms with Crippen molar-refractivity contribution in [2.45, 2.75) is 39.7 Å². The molecule has 2 aromatic rings. The molecule has 1 aromatic carbocycles. The quantitative estimate of drug-likeness (QED) is 0.595. The van der Waals surface area contributed by atoms with Gasteiger partial charge in [0.25, 0.3) is 0 Å². The van der Waals surface area contributed by atoms with Gasteiger partial charge < -0.3 is 10.6 Å². The van der Waals surface area contributed by atoms with E-state index in [4.69, 9.17) is 0 Å². The van der Waals surface area contributed by atoms with E-state index in [9.17, 15) is 0 Å². The SMILES string of the molecule is C=C(NCC(C)CN1CCc2ccccc2C1)c1cccc(NCCCC)n1. The fourth-order valence-electron chi connectivity index (χ4n) is 3.70. The second-order valence-electron chi connectivity index (χ2n) is 7.91. The topological polar surface area (TPSA) is 40.2 Å². The molecule has 150 valence electrons. The van der Waals surface area contributed by atoms with Gasteiger partial charge >= 0.3 is 0 Å². The zero-order valence-electron chi connectivity index (χ0n) is 17.4. The van der Waals surface area contributed by atoms with Gasteiger partial charge in [0.15, 0.2) is 0 Å². The van der Waals surface area contributed by atoms with Crippen molar-refractivity contribution in [2.24, 2.45) is 5.92 Å². The third-order valence-corrected chi connectivity index (χ3v) is 5.34. The second kappa shape index (κ2) is 10.3. The van der Waals surface area contributed by atoms with Gasteiger partial charge in [-0.3, -0.25) is 4.90 Å². The van der Waals surface area contributed by atoms with Gasteiger partial charge in [-0.15, -0.1) is 0 Å². The molecule has 0 fully saturated rings. The van der Waals surface area contributed by atoms with Gasteiger partial charge in [0.05, 0.1) is 11.4 Å². The van der Waals surface area contributed by atoms with E-state index >= 15 is 0 Å². The fraction of sp³-hybridized carbons (Fsp3) is 0.458. The number of anilines is 1. The van der Waals surface area contributed by atoms with Crippen molar-refractivity contribution in [3.63, 3.8) is 0 Å². The van der Waals surface area contributed by atoms with Crippen LogP contribution in [0, 0.1) is 5.92 Å². The summed E-state index contributed by atoms with van der Waals surface area (Å²) in [4.78, 5) is 7.24. The van der Waals surface area contributed by atoms with Crippen LogP contribution in [0.15, 0.2) is 49.0 Å². The van der Waals surface area contributed by atoms with Crippen LogP contribution in [0.5, 0.6) is 0 Å². The van der Waals surface area contributed by atoms with Crippen LogP contribution >= 0.6 is 0 Å². The molecule has 0 aliphatic carbocycles. The molecular formula is C24H34N4. The molecule has 0 saturated carbocycles. The van der Waals surface area contributed by atoms with Crippen LogP contribution in [0.2, 0.25) is 0 Å². The number of rotatable bonds is 10. The highest BCUT2D eigenvalue weighted by Gasteiger charge is 2.17. The van der Waals surface area contributed by atoms with Gasteiger partial charge in [-0.2, -0.15) is 0 Å². The first-order chi connectivity index (χ1) is 13.7. The van der Waals surface area contributed by atoms with Crippen molar-refractivity contribution < 1.29 is 0 Å². The summed E-state index contributed by atoms with van der Waals surface area (Å²) in [5.74, 6) is 1.47. The minimum Gasteiger partial charge on any atom is -0.383 e. The molecule has 4 heteroatoms. The number of nitrogens with one attached hydrogen (secondary N) is 2. The molecule has 0 bridgehead atoms. The van der Waals surface area contributed by atoms with Gasteiger partial charge in [0.1, 0.15) is 5.82 Å². The van der Waals surface area contributed by atoms with Crippen LogP contribution < -0.4 is 10.6 Å². The molecule has 0 radical (unpaired) electrons. The molecule has 0 saturated heterocycles. The van der Waals surface area contributed by atoms with E-state index in [1.165, 1.54) is 17.5 Å². The highest BCUT2D eigenvalue weighted by atomic mass is 15.1. The highest BCUT2D eigenvalue weighted by Crippen LogP contribution is 2.19. The zero-order valence-corrected chi connectivity index (χ0v) is 17.4. The predicted molar refractivity (Wildman–Crippen MR) is 119 cm³/mol. The number of hydrogen-bond donors (Lipinski definition) is 2. The molecule has 0 spiro atoms. The minimum atomic E-state index is 0.549. The third-order valence-electron chi connectivity index (χ3n) is 5.34. The first-order valence-corrected chi connectivity index (χ1v) is 10.6. The summed E-state index contributed by atoms with van der Waals surface area (Å²) in [5.41, 5.74) is 4.81. The Hall–Kier alpha value is -2.33. The molecule has 0 amide bonds. The van der Waals surface area contributed by atoms with Crippen LogP contribution in [0.3, 0.4) is 0 Å². The summed E-state index contributed by atoms with van der Waals surface area (Å²) in [6.07, 6.45) is 3.50. The van der Waals surface area contributed by atoms with E-state index < -0.39 is 0 Å². The maximum atomic E-state index is 4.68. The van der Waals surface area contributed by atoms with Crippen molar-refractivity contribution in [3.8, 4) is 0 Å². The fourth-order valence-corrected chi connectivity index (χ4v) is 3.70. The van der Waals surface area contributed by atoms with Crippen LogP contribution in [-0.2, 0) is 13.0 Å². The molecule has 4 nitrogen and oxygen atoms in total. The second-order valence-corrected chi connectivity index (χ2v) is 7.91. The maximum Gasteiger partial charge on any atom is 0.126 e. The standard InChI is InChI=1S/C24H34N4/c1-4-5-14-25-24-12-8-11-23(27-24)20(3)26-16-19(2)17-28-15-13-21-9-6-7-10-22(21)18-28/h6-12,19,26H,3-5,13-18H2,1-2H3,(H,25,27). The first kappa shape index (κ1) is 20.4. The lowest BCUT2D eigenvalue weighted by Gasteiger charge is -2.31. The largest absolute Gasteiger partial charge is 0.383 e. The van der Waals surface area contributed by atoms with E-state index in [1.54, 1.807) is 0 Å². The van der Waals surface area contributed by atoms with E-state index in [-0.39, 0.29) is 0 Å². The summed E-state index contributed by atoms with van der Waals surface area (Å²) >= 11 is 0. The Morgan fingerprint density at radius 2 is 2.00 bits per heavy atom. The number of hydrogen-bond acceptors (Lipinski definition) is 4. The Bertz CT molecular complexity index is 771. The van der Waals surface area contributed by atoms with Gasteiger partial charge in [-0.05, 0) is 42.0 Å². The molecule has 1 atom stereocenters.